The summed E-state index contributed by atoms with van der Waals surface area (Å²) in [5, 5.41) is 6.09. The molecule has 0 fully saturated rings. The van der Waals surface area contributed by atoms with Crippen molar-refractivity contribution in [1.82, 2.24) is 10.3 Å². The average molecular weight is 316 g/mol. The Morgan fingerprint density at radius 3 is 2.90 bits per heavy atom. The first kappa shape index (κ1) is 14.2. The molecular formula is C16H16N2OS2. The molecule has 0 aliphatic heterocycles. The second-order valence-electron chi connectivity index (χ2n) is 4.78. The maximum absolute atomic E-state index is 11.8. The summed E-state index contributed by atoms with van der Waals surface area (Å²) in [6, 6.07) is 12.2. The molecule has 3 nitrogen and oxygen atoms in total. The zero-order chi connectivity index (χ0) is 14.5. The lowest BCUT2D eigenvalue weighted by Gasteiger charge is -2.02. The van der Waals surface area contributed by atoms with E-state index >= 15 is 0 Å². The van der Waals surface area contributed by atoms with Crippen molar-refractivity contribution in [3.63, 3.8) is 0 Å². The lowest BCUT2D eigenvalue weighted by molar-refractivity contribution is -0.121. The summed E-state index contributed by atoms with van der Waals surface area (Å²) < 4.78 is 1.22. The number of carbonyl (C=O) groups excluding carboxylic acids is 1. The van der Waals surface area contributed by atoms with E-state index in [4.69, 9.17) is 0 Å². The molecule has 0 saturated heterocycles. The van der Waals surface area contributed by atoms with E-state index in [0.717, 1.165) is 23.4 Å². The molecule has 2 heterocycles. The Morgan fingerprint density at radius 2 is 2.10 bits per heavy atom. The first-order valence-electron chi connectivity index (χ1n) is 6.95. The van der Waals surface area contributed by atoms with Crippen LogP contribution < -0.4 is 5.32 Å². The van der Waals surface area contributed by atoms with Crippen molar-refractivity contribution in [2.75, 3.05) is 0 Å². The number of aromatic nitrogens is 1. The number of aryl methyl sites for hydroxylation is 1. The fourth-order valence-electron chi connectivity index (χ4n) is 2.11. The number of para-hydroxylation sites is 1. The molecule has 3 aromatic rings. The van der Waals surface area contributed by atoms with Crippen molar-refractivity contribution in [3.05, 3.63) is 51.7 Å². The Balaban J connectivity index is 1.44. The van der Waals surface area contributed by atoms with Crippen molar-refractivity contribution in [3.8, 4) is 0 Å². The molecule has 21 heavy (non-hydrogen) atoms. The number of hydrogen-bond acceptors (Lipinski definition) is 4. The van der Waals surface area contributed by atoms with Gasteiger partial charge in [-0.3, -0.25) is 4.79 Å². The summed E-state index contributed by atoms with van der Waals surface area (Å²) in [5.41, 5.74) is 1.06. The van der Waals surface area contributed by atoms with Gasteiger partial charge < -0.3 is 5.32 Å². The van der Waals surface area contributed by atoms with Gasteiger partial charge in [-0.1, -0.05) is 18.2 Å². The number of carbonyl (C=O) groups is 1. The normalized spacial score (nSPS) is 10.9. The number of amides is 1. The maximum atomic E-state index is 11.8. The zero-order valence-electron chi connectivity index (χ0n) is 11.5. The highest BCUT2D eigenvalue weighted by Crippen LogP contribution is 2.22. The van der Waals surface area contributed by atoms with Gasteiger partial charge >= 0.3 is 0 Å². The lowest BCUT2D eigenvalue weighted by atomic mass is 10.2. The van der Waals surface area contributed by atoms with Crippen molar-refractivity contribution in [1.29, 1.82) is 0 Å². The third kappa shape index (κ3) is 3.89. The highest BCUT2D eigenvalue weighted by atomic mass is 32.1. The minimum Gasteiger partial charge on any atom is -0.351 e. The standard InChI is InChI=1S/C16H16N2OS2/c19-15(17-11-12-5-4-10-20-12)8-3-9-16-18-13-6-1-2-7-14(13)21-16/h1-2,4-7,10H,3,8-9,11H2,(H,17,19). The third-order valence-corrected chi connectivity index (χ3v) is 5.15. The number of benzene rings is 1. The highest BCUT2D eigenvalue weighted by Gasteiger charge is 2.05. The van der Waals surface area contributed by atoms with Gasteiger partial charge in [0.2, 0.25) is 5.91 Å². The van der Waals surface area contributed by atoms with Crippen molar-refractivity contribution >= 4 is 38.8 Å². The summed E-state index contributed by atoms with van der Waals surface area (Å²) >= 11 is 3.38. The van der Waals surface area contributed by atoms with Gasteiger partial charge in [0, 0.05) is 11.3 Å². The van der Waals surface area contributed by atoms with E-state index < -0.39 is 0 Å². The summed E-state index contributed by atoms with van der Waals surface area (Å²) in [6.07, 6.45) is 2.27. The predicted octanol–water partition coefficient (Wildman–Crippen LogP) is 4.00. The van der Waals surface area contributed by atoms with Crippen molar-refractivity contribution in [2.45, 2.75) is 25.8 Å². The fourth-order valence-corrected chi connectivity index (χ4v) is 3.77. The van der Waals surface area contributed by atoms with Crippen LogP contribution in [-0.2, 0) is 17.8 Å². The van der Waals surface area contributed by atoms with Crippen LogP contribution in [-0.4, -0.2) is 10.9 Å². The minimum absolute atomic E-state index is 0.115. The smallest absolute Gasteiger partial charge is 0.220 e. The van der Waals surface area contributed by atoms with Crippen LogP contribution in [0.2, 0.25) is 0 Å². The summed E-state index contributed by atoms with van der Waals surface area (Å²) in [5.74, 6) is 0.115. The number of hydrogen-bond donors (Lipinski definition) is 1. The molecule has 0 radical (unpaired) electrons. The van der Waals surface area contributed by atoms with Crippen LogP contribution in [0.4, 0.5) is 0 Å². The van der Waals surface area contributed by atoms with Gasteiger partial charge in [-0.2, -0.15) is 0 Å². The van der Waals surface area contributed by atoms with E-state index in [1.807, 2.05) is 35.7 Å². The second kappa shape index (κ2) is 6.83. The molecule has 2 aromatic heterocycles. The molecule has 0 spiro atoms. The summed E-state index contributed by atoms with van der Waals surface area (Å²) in [6.45, 7) is 0.637. The molecule has 108 valence electrons. The monoisotopic (exact) mass is 316 g/mol. The maximum Gasteiger partial charge on any atom is 0.220 e. The van der Waals surface area contributed by atoms with Gasteiger partial charge in [-0.15, -0.1) is 22.7 Å². The molecule has 0 aliphatic rings. The first-order chi connectivity index (χ1) is 10.3. The van der Waals surface area contributed by atoms with Crippen LogP contribution in [0.3, 0.4) is 0 Å². The Morgan fingerprint density at radius 1 is 1.19 bits per heavy atom. The largest absolute Gasteiger partial charge is 0.351 e. The molecule has 3 rings (SSSR count). The van der Waals surface area contributed by atoms with Crippen LogP contribution in [0.25, 0.3) is 10.2 Å². The van der Waals surface area contributed by atoms with Gasteiger partial charge in [-0.05, 0) is 36.4 Å². The zero-order valence-corrected chi connectivity index (χ0v) is 13.2. The Hall–Kier alpha value is -1.72. The topological polar surface area (TPSA) is 42.0 Å². The molecule has 0 aliphatic carbocycles. The van der Waals surface area contributed by atoms with Gasteiger partial charge in [-0.25, -0.2) is 4.98 Å². The summed E-state index contributed by atoms with van der Waals surface area (Å²) in [4.78, 5) is 17.6. The number of fused-ring (bicyclic) bond motifs is 1. The fraction of sp³-hybridized carbons (Fsp3) is 0.250. The van der Waals surface area contributed by atoms with Crippen molar-refractivity contribution < 1.29 is 4.79 Å². The Bertz CT molecular complexity index is 686. The minimum atomic E-state index is 0.115. The third-order valence-electron chi connectivity index (χ3n) is 3.17. The molecule has 0 bridgehead atoms. The van der Waals surface area contributed by atoms with E-state index in [-0.39, 0.29) is 5.91 Å². The molecule has 0 atom stereocenters. The number of thiophene rings is 1. The van der Waals surface area contributed by atoms with Crippen LogP contribution in [0.15, 0.2) is 41.8 Å². The molecular weight excluding hydrogens is 300 g/mol. The van der Waals surface area contributed by atoms with E-state index in [0.29, 0.717) is 13.0 Å². The average Bonchev–Trinajstić information content (AvgIpc) is 3.14. The van der Waals surface area contributed by atoms with E-state index in [1.165, 1.54) is 9.58 Å². The molecule has 5 heteroatoms. The molecule has 0 unspecified atom stereocenters. The van der Waals surface area contributed by atoms with Crippen LogP contribution in [0.5, 0.6) is 0 Å². The number of thiazole rings is 1. The molecule has 1 aromatic carbocycles. The first-order valence-corrected chi connectivity index (χ1v) is 8.64. The Labute approximate surface area is 131 Å². The van der Waals surface area contributed by atoms with E-state index in [1.54, 1.807) is 22.7 Å². The summed E-state index contributed by atoms with van der Waals surface area (Å²) in [7, 11) is 0. The van der Waals surface area contributed by atoms with Crippen LogP contribution in [0, 0.1) is 0 Å². The van der Waals surface area contributed by atoms with Gasteiger partial charge in [0.05, 0.1) is 21.8 Å². The van der Waals surface area contributed by atoms with Gasteiger partial charge in [0.25, 0.3) is 0 Å². The van der Waals surface area contributed by atoms with Gasteiger partial charge in [0.1, 0.15) is 0 Å². The van der Waals surface area contributed by atoms with Crippen LogP contribution in [0.1, 0.15) is 22.7 Å². The molecule has 1 N–H and O–H groups in total. The van der Waals surface area contributed by atoms with E-state index in [9.17, 15) is 4.79 Å². The molecule has 0 saturated carbocycles. The number of nitrogens with one attached hydrogen (secondary N) is 1. The predicted molar refractivity (Wildman–Crippen MR) is 88.7 cm³/mol. The molecule has 1 amide bonds. The number of rotatable bonds is 6. The SMILES string of the molecule is O=C(CCCc1nc2ccccc2s1)NCc1cccs1. The van der Waals surface area contributed by atoms with Crippen LogP contribution >= 0.6 is 22.7 Å². The van der Waals surface area contributed by atoms with E-state index in [2.05, 4.69) is 16.4 Å². The van der Waals surface area contributed by atoms with Crippen molar-refractivity contribution in [2.24, 2.45) is 0 Å². The Kier molecular flexibility index (Phi) is 4.62. The lowest BCUT2D eigenvalue weighted by Crippen LogP contribution is -2.21. The number of nitrogens with zero attached hydrogens (tertiary/aromatic N) is 1. The highest BCUT2D eigenvalue weighted by molar-refractivity contribution is 7.18. The second-order valence-corrected chi connectivity index (χ2v) is 6.93. The quantitative estimate of drug-likeness (QED) is 0.747. The van der Waals surface area contributed by atoms with Gasteiger partial charge in [0.15, 0.2) is 0 Å².